The second kappa shape index (κ2) is 3.77. The maximum Gasteiger partial charge on any atom is 0.173 e. The second-order valence-corrected chi connectivity index (χ2v) is 4.85. The summed E-state index contributed by atoms with van der Waals surface area (Å²) in [4.78, 5) is 11.8. The number of carbonyl (C=O) groups excluding carboxylic acids is 1. The smallest absolute Gasteiger partial charge is 0.173 e. The van der Waals surface area contributed by atoms with Gasteiger partial charge in [-0.15, -0.1) is 22.7 Å². The Kier molecular flexibility index (Phi) is 2.60. The van der Waals surface area contributed by atoms with Crippen LogP contribution in [0.25, 0.3) is 0 Å². The summed E-state index contributed by atoms with van der Waals surface area (Å²) < 4.78 is 0. The fourth-order valence-electron chi connectivity index (χ4n) is 1.29. The van der Waals surface area contributed by atoms with Gasteiger partial charge in [0, 0.05) is 9.75 Å². The molecule has 2 aromatic rings. The molecule has 5 heteroatoms. The molecule has 0 saturated heterocycles. The minimum Gasteiger partial charge on any atom is -0.546 e. The molecule has 3 nitrogen and oxygen atoms in total. The molecule has 2 rings (SSSR count). The monoisotopic (exact) mass is 239 g/mol. The maximum atomic E-state index is 11.1. The minimum atomic E-state index is -2.01. The first-order valence-electron chi connectivity index (χ1n) is 4.17. The average molecular weight is 239 g/mol. The number of carbonyl (C=O) groups is 1. The van der Waals surface area contributed by atoms with Gasteiger partial charge in [0.05, 0.1) is 5.97 Å². The molecule has 0 atom stereocenters. The van der Waals surface area contributed by atoms with E-state index in [2.05, 4.69) is 0 Å². The van der Waals surface area contributed by atoms with E-state index in [1.54, 1.807) is 35.0 Å². The van der Waals surface area contributed by atoms with E-state index in [4.69, 9.17) is 0 Å². The largest absolute Gasteiger partial charge is 0.546 e. The first kappa shape index (κ1) is 10.4. The van der Waals surface area contributed by atoms with Gasteiger partial charge in [-0.05, 0) is 22.9 Å². The summed E-state index contributed by atoms with van der Waals surface area (Å²) in [6.45, 7) is 0. The van der Waals surface area contributed by atoms with Crippen LogP contribution in [0.3, 0.4) is 0 Å². The number of rotatable bonds is 3. The Labute approximate surface area is 94.2 Å². The lowest BCUT2D eigenvalue weighted by Crippen LogP contribution is -2.45. The van der Waals surface area contributed by atoms with Gasteiger partial charge in [0.2, 0.25) is 0 Å². The highest BCUT2D eigenvalue weighted by Crippen LogP contribution is 2.34. The predicted octanol–water partition coefficient (Wildman–Crippen LogP) is 0.795. The highest BCUT2D eigenvalue weighted by molar-refractivity contribution is 7.12. The fourth-order valence-corrected chi connectivity index (χ4v) is 3.01. The van der Waals surface area contributed by atoms with E-state index in [0.29, 0.717) is 9.75 Å². The van der Waals surface area contributed by atoms with Crippen molar-refractivity contribution >= 4 is 28.6 Å². The molecule has 0 amide bonds. The molecule has 15 heavy (non-hydrogen) atoms. The zero-order chi connectivity index (χ0) is 10.9. The van der Waals surface area contributed by atoms with Crippen molar-refractivity contribution < 1.29 is 15.0 Å². The Morgan fingerprint density at radius 1 is 1.20 bits per heavy atom. The van der Waals surface area contributed by atoms with Crippen LogP contribution in [-0.2, 0) is 10.4 Å². The number of carboxylic acids is 1. The normalized spacial score (nSPS) is 11.5. The van der Waals surface area contributed by atoms with Crippen LogP contribution in [0.5, 0.6) is 0 Å². The SMILES string of the molecule is O=C([O-])C(O)(c1cccs1)c1cccs1. The lowest BCUT2D eigenvalue weighted by atomic mass is 10.0. The third-order valence-corrected chi connectivity index (χ3v) is 4.01. The number of thiophene rings is 2. The molecule has 0 aliphatic rings. The van der Waals surface area contributed by atoms with Crippen LogP contribution in [0.4, 0.5) is 0 Å². The summed E-state index contributed by atoms with van der Waals surface area (Å²) in [7, 11) is 0. The quantitative estimate of drug-likeness (QED) is 0.861. The molecule has 78 valence electrons. The van der Waals surface area contributed by atoms with Gasteiger partial charge in [-0.2, -0.15) is 0 Å². The molecule has 0 radical (unpaired) electrons. The van der Waals surface area contributed by atoms with E-state index < -0.39 is 11.6 Å². The Morgan fingerprint density at radius 2 is 1.67 bits per heavy atom. The van der Waals surface area contributed by atoms with Gasteiger partial charge in [-0.1, -0.05) is 12.1 Å². The first-order chi connectivity index (χ1) is 7.15. The molecule has 0 spiro atoms. The lowest BCUT2D eigenvalue weighted by Gasteiger charge is -2.26. The van der Waals surface area contributed by atoms with Crippen molar-refractivity contribution in [2.45, 2.75) is 5.60 Å². The number of carboxylic acid groups (broad SMARTS) is 1. The summed E-state index contributed by atoms with van der Waals surface area (Å²) in [6.07, 6.45) is 0. The van der Waals surface area contributed by atoms with Gasteiger partial charge in [0.25, 0.3) is 0 Å². The van der Waals surface area contributed by atoms with Gasteiger partial charge >= 0.3 is 0 Å². The van der Waals surface area contributed by atoms with Crippen molar-refractivity contribution in [1.29, 1.82) is 0 Å². The lowest BCUT2D eigenvalue weighted by molar-refractivity contribution is -0.322. The van der Waals surface area contributed by atoms with E-state index in [9.17, 15) is 15.0 Å². The average Bonchev–Trinajstić information content (AvgIpc) is 2.89. The predicted molar refractivity (Wildman–Crippen MR) is 56.6 cm³/mol. The van der Waals surface area contributed by atoms with Crippen molar-refractivity contribution in [3.05, 3.63) is 44.8 Å². The van der Waals surface area contributed by atoms with Crippen LogP contribution in [0.1, 0.15) is 9.75 Å². The molecule has 0 unspecified atom stereocenters. The van der Waals surface area contributed by atoms with E-state index in [1.165, 1.54) is 22.7 Å². The van der Waals surface area contributed by atoms with Crippen molar-refractivity contribution in [3.8, 4) is 0 Å². The molecular formula is C10H7O3S2-. The fraction of sp³-hybridized carbons (Fsp3) is 0.100. The summed E-state index contributed by atoms with van der Waals surface area (Å²) >= 11 is 2.38. The van der Waals surface area contributed by atoms with Gasteiger partial charge in [-0.3, -0.25) is 0 Å². The highest BCUT2D eigenvalue weighted by atomic mass is 32.1. The molecule has 0 fully saturated rings. The third kappa shape index (κ3) is 1.58. The second-order valence-electron chi connectivity index (χ2n) is 2.95. The van der Waals surface area contributed by atoms with E-state index in [-0.39, 0.29) is 0 Å². The van der Waals surface area contributed by atoms with E-state index >= 15 is 0 Å². The summed E-state index contributed by atoms with van der Waals surface area (Å²) in [5.74, 6) is -1.49. The molecule has 0 aliphatic heterocycles. The standard InChI is InChI=1S/C10H8O3S2/c11-9(12)10(13,7-3-1-5-14-7)8-4-2-6-15-8/h1-6,13H,(H,11,12)/p-1. The number of aliphatic hydroxyl groups is 1. The number of hydrogen-bond donors (Lipinski definition) is 1. The summed E-state index contributed by atoms with van der Waals surface area (Å²) in [5.41, 5.74) is -2.01. The molecule has 0 saturated carbocycles. The van der Waals surface area contributed by atoms with Crippen molar-refractivity contribution in [2.75, 3.05) is 0 Å². The van der Waals surface area contributed by atoms with Gasteiger partial charge in [-0.25, -0.2) is 0 Å². The van der Waals surface area contributed by atoms with Crippen LogP contribution < -0.4 is 5.11 Å². The Balaban J connectivity index is 2.56. The molecule has 2 aromatic heterocycles. The molecule has 0 aromatic carbocycles. The molecule has 0 aliphatic carbocycles. The third-order valence-electron chi connectivity index (χ3n) is 2.05. The van der Waals surface area contributed by atoms with Crippen molar-refractivity contribution in [3.63, 3.8) is 0 Å². The zero-order valence-corrected chi connectivity index (χ0v) is 9.18. The van der Waals surface area contributed by atoms with E-state index in [1.807, 2.05) is 0 Å². The Hall–Kier alpha value is -1.17. The Morgan fingerprint density at radius 3 is 1.93 bits per heavy atom. The topological polar surface area (TPSA) is 60.4 Å². The molecular weight excluding hydrogens is 232 g/mol. The van der Waals surface area contributed by atoms with Crippen LogP contribution >= 0.6 is 22.7 Å². The zero-order valence-electron chi connectivity index (χ0n) is 7.54. The highest BCUT2D eigenvalue weighted by Gasteiger charge is 2.35. The van der Waals surface area contributed by atoms with Crippen LogP contribution in [-0.4, -0.2) is 11.1 Å². The van der Waals surface area contributed by atoms with Crippen molar-refractivity contribution in [2.24, 2.45) is 0 Å². The number of aliphatic carboxylic acids is 1. The minimum absolute atomic E-state index is 0.366. The molecule has 0 bridgehead atoms. The first-order valence-corrected chi connectivity index (χ1v) is 5.93. The van der Waals surface area contributed by atoms with Gasteiger partial charge in [0.15, 0.2) is 5.60 Å². The van der Waals surface area contributed by atoms with Crippen LogP contribution in [0.15, 0.2) is 35.0 Å². The molecule has 1 N–H and O–H groups in total. The van der Waals surface area contributed by atoms with Crippen LogP contribution in [0.2, 0.25) is 0 Å². The number of hydrogen-bond acceptors (Lipinski definition) is 5. The maximum absolute atomic E-state index is 11.1. The Bertz CT molecular complexity index is 411. The van der Waals surface area contributed by atoms with Gasteiger partial charge < -0.3 is 15.0 Å². The van der Waals surface area contributed by atoms with Gasteiger partial charge in [0.1, 0.15) is 0 Å². The van der Waals surface area contributed by atoms with Crippen LogP contribution in [0, 0.1) is 0 Å². The summed E-state index contributed by atoms with van der Waals surface area (Å²) in [5, 5.41) is 24.7. The van der Waals surface area contributed by atoms with E-state index in [0.717, 1.165) is 0 Å². The van der Waals surface area contributed by atoms with Crippen molar-refractivity contribution in [1.82, 2.24) is 0 Å². The molecule has 2 heterocycles. The summed E-state index contributed by atoms with van der Waals surface area (Å²) in [6, 6.07) is 6.56.